The summed E-state index contributed by atoms with van der Waals surface area (Å²) < 4.78 is 36.2. The molecule has 1 aliphatic heterocycles. The van der Waals surface area contributed by atoms with Gasteiger partial charge in [-0.1, -0.05) is 17.7 Å². The number of halogens is 2. The molecule has 1 saturated heterocycles. The van der Waals surface area contributed by atoms with Crippen molar-refractivity contribution in [1.82, 2.24) is 5.32 Å². The highest BCUT2D eigenvalue weighted by atomic mass is 35.5. The second kappa shape index (κ2) is 6.84. The topological polar surface area (TPSA) is 101 Å². The maximum absolute atomic E-state index is 13.4. The van der Waals surface area contributed by atoms with E-state index in [-0.39, 0.29) is 34.4 Å². The predicted molar refractivity (Wildman–Crippen MR) is 81.3 cm³/mol. The summed E-state index contributed by atoms with van der Waals surface area (Å²) in [7, 11) is -3.11. The van der Waals surface area contributed by atoms with Gasteiger partial charge < -0.3 is 10.4 Å². The minimum atomic E-state index is -3.11. The number of nitrogens with one attached hydrogen (secondary N) is 1. The second-order valence-corrected chi connectivity index (χ2v) is 8.12. The van der Waals surface area contributed by atoms with Gasteiger partial charge in [0.25, 0.3) is 0 Å². The smallest absolute Gasteiger partial charge is 0.330 e. The molecule has 2 atom stereocenters. The molecule has 0 spiro atoms. The van der Waals surface area contributed by atoms with Crippen LogP contribution in [0.3, 0.4) is 0 Å². The third-order valence-electron chi connectivity index (χ3n) is 3.63. The summed E-state index contributed by atoms with van der Waals surface area (Å²) in [4.78, 5) is 23.3. The van der Waals surface area contributed by atoms with Crippen LogP contribution in [0, 0.1) is 11.7 Å². The van der Waals surface area contributed by atoms with E-state index in [1.807, 2.05) is 0 Å². The van der Waals surface area contributed by atoms with Crippen LogP contribution in [-0.4, -0.2) is 36.9 Å². The molecule has 0 aliphatic carbocycles. The molecule has 9 heteroatoms. The average Bonchev–Trinajstić information content (AvgIpc) is 2.78. The first-order valence-electron chi connectivity index (χ1n) is 6.85. The van der Waals surface area contributed by atoms with Crippen LogP contribution in [0.4, 0.5) is 4.39 Å². The molecule has 1 heterocycles. The highest BCUT2D eigenvalue weighted by molar-refractivity contribution is 7.91. The van der Waals surface area contributed by atoms with Crippen LogP contribution in [0.2, 0.25) is 5.02 Å². The van der Waals surface area contributed by atoms with Crippen molar-refractivity contribution in [2.75, 3.05) is 11.5 Å². The van der Waals surface area contributed by atoms with Crippen LogP contribution in [0.1, 0.15) is 24.4 Å². The summed E-state index contributed by atoms with van der Waals surface area (Å²) in [6.45, 7) is 0. The van der Waals surface area contributed by atoms with E-state index in [0.29, 0.717) is 6.42 Å². The first kappa shape index (κ1) is 17.7. The normalized spacial score (nSPS) is 20.9. The van der Waals surface area contributed by atoms with Crippen LogP contribution in [0.25, 0.3) is 0 Å². The number of aliphatic carboxylic acids is 1. The Bertz CT molecular complexity index is 737. The number of sulfone groups is 1. The molecular weight excluding hydrogens is 349 g/mol. The Labute approximate surface area is 137 Å². The number of carboxylic acid groups (broad SMARTS) is 1. The molecule has 0 radical (unpaired) electrons. The van der Waals surface area contributed by atoms with Crippen molar-refractivity contribution in [2.24, 2.45) is 5.92 Å². The Kier molecular flexibility index (Phi) is 5.26. The van der Waals surface area contributed by atoms with E-state index in [2.05, 4.69) is 5.32 Å². The zero-order valence-corrected chi connectivity index (χ0v) is 13.5. The number of carbonyl (C=O) groups excluding carboxylic acids is 1. The number of hydrogen-bond acceptors (Lipinski definition) is 4. The van der Waals surface area contributed by atoms with Crippen molar-refractivity contribution >= 4 is 33.3 Å². The molecule has 1 aromatic carbocycles. The number of rotatable bonds is 5. The number of carbonyl (C=O) groups is 2. The fourth-order valence-electron chi connectivity index (χ4n) is 2.49. The number of hydrogen-bond donors (Lipinski definition) is 2. The van der Waals surface area contributed by atoms with Gasteiger partial charge >= 0.3 is 5.97 Å². The predicted octanol–water partition coefficient (Wildman–Crippen LogP) is 1.55. The zero-order valence-electron chi connectivity index (χ0n) is 12.0. The molecule has 2 unspecified atom stereocenters. The second-order valence-electron chi connectivity index (χ2n) is 5.49. The summed E-state index contributed by atoms with van der Waals surface area (Å²) in [6, 6.07) is 2.04. The Morgan fingerprint density at radius 1 is 1.43 bits per heavy atom. The van der Waals surface area contributed by atoms with Crippen molar-refractivity contribution < 1.29 is 27.5 Å². The summed E-state index contributed by atoms with van der Waals surface area (Å²) >= 11 is 5.54. The molecule has 6 nitrogen and oxygen atoms in total. The van der Waals surface area contributed by atoms with Gasteiger partial charge in [-0.25, -0.2) is 17.6 Å². The van der Waals surface area contributed by atoms with E-state index >= 15 is 0 Å². The largest absolute Gasteiger partial charge is 0.479 e. The molecule has 1 amide bonds. The summed E-state index contributed by atoms with van der Waals surface area (Å²) in [5.74, 6) is -3.08. The van der Waals surface area contributed by atoms with E-state index < -0.39 is 33.6 Å². The van der Waals surface area contributed by atoms with Gasteiger partial charge in [0.05, 0.1) is 16.5 Å². The van der Waals surface area contributed by atoms with E-state index in [4.69, 9.17) is 11.6 Å². The van der Waals surface area contributed by atoms with Gasteiger partial charge in [0.15, 0.2) is 15.9 Å². The highest BCUT2D eigenvalue weighted by Gasteiger charge is 2.31. The van der Waals surface area contributed by atoms with Crippen LogP contribution >= 0.6 is 11.6 Å². The lowest BCUT2D eigenvalue weighted by Crippen LogP contribution is -2.34. The number of carboxylic acids is 1. The zero-order chi connectivity index (χ0) is 17.2. The highest BCUT2D eigenvalue weighted by Crippen LogP contribution is 2.23. The SMILES string of the molecule is O=C(CC1CCS(=O)(=O)C1)NC(C(=O)O)c1ccc(Cl)c(F)c1. The fraction of sp³-hybridized carbons (Fsp3) is 0.429. The van der Waals surface area contributed by atoms with Crippen molar-refractivity contribution in [1.29, 1.82) is 0 Å². The van der Waals surface area contributed by atoms with Gasteiger partial charge in [-0.15, -0.1) is 0 Å². The van der Waals surface area contributed by atoms with Gasteiger partial charge in [-0.3, -0.25) is 4.79 Å². The number of amides is 1. The quantitative estimate of drug-likeness (QED) is 0.826. The molecule has 0 bridgehead atoms. The molecular formula is C14H15ClFNO5S. The molecule has 23 heavy (non-hydrogen) atoms. The lowest BCUT2D eigenvalue weighted by atomic mass is 10.0. The molecule has 2 N–H and O–H groups in total. The van der Waals surface area contributed by atoms with Gasteiger partial charge in [0.2, 0.25) is 5.91 Å². The van der Waals surface area contributed by atoms with Crippen molar-refractivity contribution in [2.45, 2.75) is 18.9 Å². The molecule has 0 saturated carbocycles. The molecule has 1 aliphatic rings. The standard InChI is InChI=1S/C14H15ClFNO5S/c15-10-2-1-9(6-11(10)16)13(14(19)20)17-12(18)5-8-3-4-23(21,22)7-8/h1-2,6,8,13H,3-5,7H2,(H,17,18)(H,19,20). The Hall–Kier alpha value is -1.67. The fourth-order valence-corrected chi connectivity index (χ4v) is 4.47. The van der Waals surface area contributed by atoms with Crippen molar-refractivity contribution in [3.63, 3.8) is 0 Å². The summed E-state index contributed by atoms with van der Waals surface area (Å²) in [5.41, 5.74) is 0.0480. The van der Waals surface area contributed by atoms with Gasteiger partial charge in [0, 0.05) is 6.42 Å². The van der Waals surface area contributed by atoms with Crippen molar-refractivity contribution in [3.05, 3.63) is 34.6 Å². The first-order valence-corrected chi connectivity index (χ1v) is 9.05. The third-order valence-corrected chi connectivity index (χ3v) is 5.77. The average molecular weight is 364 g/mol. The van der Waals surface area contributed by atoms with Crippen LogP contribution in [0.15, 0.2) is 18.2 Å². The van der Waals surface area contributed by atoms with Gasteiger partial charge in [-0.05, 0) is 30.0 Å². The van der Waals surface area contributed by atoms with Gasteiger partial charge in [-0.2, -0.15) is 0 Å². The van der Waals surface area contributed by atoms with Crippen LogP contribution in [-0.2, 0) is 19.4 Å². The summed E-state index contributed by atoms with van der Waals surface area (Å²) in [6.07, 6.45) is 0.294. The maximum Gasteiger partial charge on any atom is 0.330 e. The molecule has 2 rings (SSSR count). The maximum atomic E-state index is 13.4. The Morgan fingerprint density at radius 3 is 2.65 bits per heavy atom. The summed E-state index contributed by atoms with van der Waals surface area (Å²) in [5, 5.41) is 11.4. The Morgan fingerprint density at radius 2 is 2.13 bits per heavy atom. The van der Waals surface area contributed by atoms with E-state index in [9.17, 15) is 27.5 Å². The van der Waals surface area contributed by atoms with E-state index in [0.717, 1.165) is 6.07 Å². The molecule has 1 fully saturated rings. The minimum absolute atomic E-state index is 0.0374. The lowest BCUT2D eigenvalue weighted by molar-refractivity contribution is -0.142. The van der Waals surface area contributed by atoms with Crippen LogP contribution in [0.5, 0.6) is 0 Å². The third kappa shape index (κ3) is 4.65. The Balaban J connectivity index is 2.06. The molecule has 1 aromatic rings. The lowest BCUT2D eigenvalue weighted by Gasteiger charge is -2.16. The van der Waals surface area contributed by atoms with Crippen molar-refractivity contribution in [3.8, 4) is 0 Å². The van der Waals surface area contributed by atoms with Crippen LogP contribution < -0.4 is 5.32 Å². The monoisotopic (exact) mass is 363 g/mol. The van der Waals surface area contributed by atoms with E-state index in [1.165, 1.54) is 12.1 Å². The molecule has 0 aromatic heterocycles. The van der Waals surface area contributed by atoms with Gasteiger partial charge in [0.1, 0.15) is 5.82 Å². The van der Waals surface area contributed by atoms with E-state index in [1.54, 1.807) is 0 Å². The number of benzene rings is 1. The first-order chi connectivity index (χ1) is 10.7. The molecule has 126 valence electrons. The minimum Gasteiger partial charge on any atom is -0.479 e.